The van der Waals surface area contributed by atoms with Gasteiger partial charge in [0.05, 0.1) is 24.1 Å². The van der Waals surface area contributed by atoms with E-state index in [4.69, 9.17) is 16.3 Å². The van der Waals surface area contributed by atoms with Gasteiger partial charge < -0.3 is 19.9 Å². The fourth-order valence-electron chi connectivity index (χ4n) is 3.60. The second-order valence-electron chi connectivity index (χ2n) is 7.64. The summed E-state index contributed by atoms with van der Waals surface area (Å²) in [6.07, 6.45) is 1.57. The molecule has 34 heavy (non-hydrogen) atoms. The molecule has 3 aromatic rings. The Morgan fingerprint density at radius 3 is 2.29 bits per heavy atom. The van der Waals surface area contributed by atoms with Crippen molar-refractivity contribution in [1.29, 1.82) is 0 Å². The molecule has 2 amide bonds. The van der Waals surface area contributed by atoms with Crippen molar-refractivity contribution < 1.29 is 14.3 Å². The van der Waals surface area contributed by atoms with E-state index in [0.717, 1.165) is 0 Å². The molecule has 1 aliphatic rings. The van der Waals surface area contributed by atoms with Crippen LogP contribution in [0.2, 0.25) is 5.02 Å². The van der Waals surface area contributed by atoms with Crippen LogP contribution in [-0.4, -0.2) is 65.8 Å². The third kappa shape index (κ3) is 5.55. The molecule has 2 heterocycles. The van der Waals surface area contributed by atoms with Crippen molar-refractivity contribution in [2.24, 2.45) is 0 Å². The van der Waals surface area contributed by atoms with E-state index >= 15 is 0 Å². The van der Waals surface area contributed by atoms with E-state index < -0.39 is 5.56 Å². The molecule has 1 fully saturated rings. The topological polar surface area (TPSA) is 96.8 Å². The molecule has 0 saturated carbocycles. The number of para-hydroxylation sites is 2. The molecule has 1 aromatic heterocycles. The molecule has 0 radical (unpaired) electrons. The molecule has 4 rings (SSSR count). The van der Waals surface area contributed by atoms with Gasteiger partial charge in [0.1, 0.15) is 10.8 Å². The number of nitrogens with one attached hydrogen (secondary N) is 1. The second kappa shape index (κ2) is 10.8. The molecule has 176 valence electrons. The van der Waals surface area contributed by atoms with Crippen LogP contribution in [0.4, 0.5) is 5.69 Å². The van der Waals surface area contributed by atoms with E-state index in [9.17, 15) is 14.4 Å². The lowest BCUT2D eigenvalue weighted by Crippen LogP contribution is -2.51. The molecule has 0 unspecified atom stereocenters. The summed E-state index contributed by atoms with van der Waals surface area (Å²) in [6.45, 7) is 1.60. The lowest BCUT2D eigenvalue weighted by Gasteiger charge is -2.36. The molecule has 1 saturated heterocycles. The first-order chi connectivity index (χ1) is 16.5. The van der Waals surface area contributed by atoms with Crippen molar-refractivity contribution in [3.63, 3.8) is 0 Å². The van der Waals surface area contributed by atoms with Crippen molar-refractivity contribution in [2.75, 3.05) is 44.2 Å². The van der Waals surface area contributed by atoms with Gasteiger partial charge in [0, 0.05) is 26.2 Å². The van der Waals surface area contributed by atoms with Gasteiger partial charge in [-0.1, -0.05) is 48.0 Å². The Hall–Kier alpha value is -3.85. The molecule has 0 spiro atoms. The van der Waals surface area contributed by atoms with Crippen LogP contribution in [0.15, 0.2) is 71.7 Å². The van der Waals surface area contributed by atoms with Gasteiger partial charge in [0.15, 0.2) is 6.61 Å². The highest BCUT2D eigenvalue weighted by Gasteiger charge is 2.24. The van der Waals surface area contributed by atoms with Crippen LogP contribution < -0.4 is 20.5 Å². The molecule has 0 aliphatic carbocycles. The highest BCUT2D eigenvalue weighted by Crippen LogP contribution is 2.23. The lowest BCUT2D eigenvalue weighted by atomic mass is 10.2. The Morgan fingerprint density at radius 1 is 0.971 bits per heavy atom. The second-order valence-corrected chi connectivity index (χ2v) is 8.02. The molecule has 0 atom stereocenters. The third-order valence-electron chi connectivity index (χ3n) is 5.42. The van der Waals surface area contributed by atoms with Crippen LogP contribution in [0.3, 0.4) is 0 Å². The zero-order chi connectivity index (χ0) is 23.9. The van der Waals surface area contributed by atoms with Crippen molar-refractivity contribution in [3.8, 4) is 11.4 Å². The van der Waals surface area contributed by atoms with E-state index in [1.807, 2.05) is 41.3 Å². The Bertz CT molecular complexity index is 1190. The number of halogens is 1. The number of piperazine rings is 1. The number of carbonyl (C=O) groups is 2. The van der Waals surface area contributed by atoms with Crippen molar-refractivity contribution in [3.05, 3.63) is 82.2 Å². The normalized spacial score (nSPS) is 13.4. The van der Waals surface area contributed by atoms with E-state index in [1.54, 1.807) is 35.4 Å². The van der Waals surface area contributed by atoms with E-state index in [0.29, 0.717) is 43.3 Å². The van der Waals surface area contributed by atoms with Gasteiger partial charge >= 0.3 is 0 Å². The Morgan fingerprint density at radius 2 is 1.62 bits per heavy atom. The van der Waals surface area contributed by atoms with Crippen molar-refractivity contribution >= 4 is 29.1 Å². The van der Waals surface area contributed by atoms with Gasteiger partial charge in [0.2, 0.25) is 5.91 Å². The van der Waals surface area contributed by atoms with E-state index in [-0.39, 0.29) is 30.0 Å². The fraction of sp³-hybridized carbons (Fsp3) is 0.250. The monoisotopic (exact) mass is 481 g/mol. The molecule has 0 bridgehead atoms. The Labute approximate surface area is 201 Å². The summed E-state index contributed by atoms with van der Waals surface area (Å²) in [7, 11) is 0. The molecular formula is C24H24ClN5O4. The minimum atomic E-state index is -0.399. The average molecular weight is 482 g/mol. The fourth-order valence-corrected chi connectivity index (χ4v) is 3.85. The number of amides is 2. The maximum atomic E-state index is 12.7. The van der Waals surface area contributed by atoms with Gasteiger partial charge in [-0.25, -0.2) is 0 Å². The summed E-state index contributed by atoms with van der Waals surface area (Å²) in [5.41, 5.74) is 0.772. The van der Waals surface area contributed by atoms with Crippen LogP contribution >= 0.6 is 11.6 Å². The summed E-state index contributed by atoms with van der Waals surface area (Å²) in [5, 5.41) is 6.94. The number of benzene rings is 2. The lowest BCUT2D eigenvalue weighted by molar-refractivity contribution is -0.133. The summed E-state index contributed by atoms with van der Waals surface area (Å²) in [4.78, 5) is 40.8. The first-order valence-electron chi connectivity index (χ1n) is 10.8. The number of aromatic nitrogens is 2. The predicted molar refractivity (Wildman–Crippen MR) is 129 cm³/mol. The zero-order valence-electron chi connectivity index (χ0n) is 18.4. The Kier molecular flexibility index (Phi) is 7.44. The molecule has 9 nitrogen and oxygen atoms in total. The molecule has 1 aliphatic heterocycles. The number of ether oxygens (including phenoxy) is 1. The largest absolute Gasteiger partial charge is 0.484 e. The van der Waals surface area contributed by atoms with Crippen LogP contribution in [0.25, 0.3) is 5.69 Å². The van der Waals surface area contributed by atoms with Gasteiger partial charge in [-0.15, -0.1) is 0 Å². The Balaban J connectivity index is 1.27. The highest BCUT2D eigenvalue weighted by atomic mass is 35.5. The minimum Gasteiger partial charge on any atom is -0.484 e. The number of hydrogen-bond acceptors (Lipinski definition) is 6. The summed E-state index contributed by atoms with van der Waals surface area (Å²) in [6, 6.07) is 18.0. The summed E-state index contributed by atoms with van der Waals surface area (Å²) < 4.78 is 6.64. The van der Waals surface area contributed by atoms with Gasteiger partial charge in [-0.2, -0.15) is 9.78 Å². The first-order valence-corrected chi connectivity index (χ1v) is 11.2. The third-order valence-corrected chi connectivity index (χ3v) is 5.78. The number of hydrogen-bond donors (Lipinski definition) is 1. The van der Waals surface area contributed by atoms with Gasteiger partial charge in [-0.05, 0) is 24.3 Å². The van der Waals surface area contributed by atoms with Crippen LogP contribution in [0.1, 0.15) is 0 Å². The van der Waals surface area contributed by atoms with Crippen LogP contribution in [0, 0.1) is 0 Å². The van der Waals surface area contributed by atoms with Gasteiger partial charge in [0.25, 0.3) is 11.5 Å². The van der Waals surface area contributed by atoms with E-state index in [1.165, 1.54) is 4.68 Å². The zero-order valence-corrected chi connectivity index (χ0v) is 19.1. The SMILES string of the molecule is O=C(COc1ccccc1)NCC(=O)N1CCN(c2cnn(-c3ccccc3)c(=O)c2Cl)CC1. The summed E-state index contributed by atoms with van der Waals surface area (Å²) in [5.74, 6) is 0.0359. The molecule has 2 aromatic carbocycles. The smallest absolute Gasteiger partial charge is 0.292 e. The number of anilines is 1. The van der Waals surface area contributed by atoms with Gasteiger partial charge in [-0.3, -0.25) is 14.4 Å². The van der Waals surface area contributed by atoms with Crippen LogP contribution in [0.5, 0.6) is 5.75 Å². The number of nitrogens with zero attached hydrogens (tertiary/aromatic N) is 4. The average Bonchev–Trinajstić information content (AvgIpc) is 2.89. The highest BCUT2D eigenvalue weighted by molar-refractivity contribution is 6.33. The van der Waals surface area contributed by atoms with Crippen LogP contribution in [-0.2, 0) is 9.59 Å². The standard InChI is InChI=1S/C24H24ClN5O4/c25-23-20(15-27-30(24(23)33)18-7-3-1-4-8-18)28-11-13-29(14-12-28)22(32)16-26-21(31)17-34-19-9-5-2-6-10-19/h1-10,15H,11-14,16-17H2,(H,26,31). The first kappa shape index (κ1) is 23.3. The molecule has 10 heteroatoms. The maximum Gasteiger partial charge on any atom is 0.292 e. The summed E-state index contributed by atoms with van der Waals surface area (Å²) >= 11 is 6.38. The predicted octanol–water partition coefficient (Wildman–Crippen LogP) is 1.73. The maximum absolute atomic E-state index is 12.7. The number of carbonyl (C=O) groups excluding carboxylic acids is 2. The minimum absolute atomic E-state index is 0.0873. The molecular weight excluding hydrogens is 458 g/mol. The number of rotatable bonds is 7. The molecule has 1 N–H and O–H groups in total. The van der Waals surface area contributed by atoms with Crippen molar-refractivity contribution in [1.82, 2.24) is 20.0 Å². The van der Waals surface area contributed by atoms with E-state index in [2.05, 4.69) is 10.4 Å². The quantitative estimate of drug-likeness (QED) is 0.552. The van der Waals surface area contributed by atoms with Crippen molar-refractivity contribution in [2.45, 2.75) is 0 Å².